The Labute approximate surface area is 105 Å². The second-order valence-electron chi connectivity index (χ2n) is 4.69. The van der Waals surface area contributed by atoms with E-state index in [0.29, 0.717) is 24.0 Å². The van der Waals surface area contributed by atoms with Gasteiger partial charge in [0.1, 0.15) is 5.75 Å². The molecule has 0 bridgehead atoms. The number of hydrogen-bond donors (Lipinski definition) is 2. The van der Waals surface area contributed by atoms with Crippen molar-refractivity contribution >= 4 is 17.6 Å². The number of carboxylic acid groups (broad SMARTS) is 1. The van der Waals surface area contributed by atoms with Crippen LogP contribution in [0.2, 0.25) is 5.02 Å². The van der Waals surface area contributed by atoms with E-state index in [2.05, 4.69) is 0 Å². The molecule has 1 aliphatic rings. The molecule has 0 unspecified atom stereocenters. The second kappa shape index (κ2) is 4.22. The minimum Gasteiger partial charge on any atom is -0.506 e. The van der Waals surface area contributed by atoms with Gasteiger partial charge in [-0.15, -0.1) is 0 Å². The maximum absolute atomic E-state index is 11.5. The molecule has 0 spiro atoms. The first-order valence-electron chi connectivity index (χ1n) is 5.71. The van der Waals surface area contributed by atoms with E-state index in [-0.39, 0.29) is 10.8 Å². The molecule has 3 nitrogen and oxygen atoms in total. The van der Waals surface area contributed by atoms with Gasteiger partial charge in [-0.05, 0) is 30.9 Å². The van der Waals surface area contributed by atoms with Gasteiger partial charge in [0.05, 0.1) is 10.4 Å². The van der Waals surface area contributed by atoms with Crippen LogP contribution in [-0.4, -0.2) is 16.2 Å². The lowest BCUT2D eigenvalue weighted by Crippen LogP contribution is -2.32. The molecule has 1 fully saturated rings. The molecule has 1 aliphatic carbocycles. The van der Waals surface area contributed by atoms with Crippen molar-refractivity contribution in [1.29, 1.82) is 0 Å². The summed E-state index contributed by atoms with van der Waals surface area (Å²) >= 11 is 6.10. The summed E-state index contributed by atoms with van der Waals surface area (Å²) in [5.74, 6) is -0.850. The van der Waals surface area contributed by atoms with Crippen molar-refractivity contribution in [2.45, 2.75) is 38.0 Å². The van der Waals surface area contributed by atoms with Gasteiger partial charge in [0.15, 0.2) is 0 Å². The van der Waals surface area contributed by atoms with Crippen LogP contribution >= 0.6 is 11.6 Å². The van der Waals surface area contributed by atoms with Crippen molar-refractivity contribution in [3.8, 4) is 5.75 Å². The molecule has 2 rings (SSSR count). The van der Waals surface area contributed by atoms with Gasteiger partial charge < -0.3 is 10.2 Å². The third kappa shape index (κ3) is 1.78. The molecule has 0 aromatic heterocycles. The molecule has 1 aromatic rings. The Balaban J connectivity index is 2.59. The summed E-state index contributed by atoms with van der Waals surface area (Å²) in [5, 5.41) is 19.5. The highest BCUT2D eigenvalue weighted by Gasteiger charge is 2.44. The summed E-state index contributed by atoms with van der Waals surface area (Å²) in [6, 6.07) is 3.45. The van der Waals surface area contributed by atoms with Gasteiger partial charge in [0.2, 0.25) is 0 Å². The molecule has 0 aliphatic heterocycles. The number of halogens is 1. The predicted octanol–water partition coefficient (Wildman–Crippen LogP) is 3.25. The highest BCUT2D eigenvalue weighted by molar-refractivity contribution is 6.33. The monoisotopic (exact) mass is 254 g/mol. The Kier molecular flexibility index (Phi) is 3.04. The van der Waals surface area contributed by atoms with Crippen LogP contribution in [0, 0.1) is 6.92 Å². The first-order valence-corrected chi connectivity index (χ1v) is 6.09. The standard InChI is InChI=1S/C13H15ClO3/c1-8-4-5-9(10(14)11(8)15)13(12(16)17)6-2-3-7-13/h4-5,15H,2-3,6-7H2,1H3,(H,16,17). The summed E-state index contributed by atoms with van der Waals surface area (Å²) in [5.41, 5.74) is 0.298. The number of carboxylic acids is 1. The zero-order chi connectivity index (χ0) is 12.6. The number of aryl methyl sites for hydroxylation is 1. The summed E-state index contributed by atoms with van der Waals surface area (Å²) in [6.07, 6.45) is 2.95. The molecule has 1 saturated carbocycles. The number of hydrogen-bond acceptors (Lipinski definition) is 2. The summed E-state index contributed by atoms with van der Waals surface area (Å²) < 4.78 is 0. The van der Waals surface area contributed by atoms with Crippen LogP contribution in [0.4, 0.5) is 0 Å². The maximum atomic E-state index is 11.5. The Hall–Kier alpha value is -1.22. The Morgan fingerprint density at radius 2 is 1.94 bits per heavy atom. The van der Waals surface area contributed by atoms with Crippen LogP contribution in [0.1, 0.15) is 36.8 Å². The van der Waals surface area contributed by atoms with Crippen LogP contribution < -0.4 is 0 Å². The highest BCUT2D eigenvalue weighted by atomic mass is 35.5. The zero-order valence-corrected chi connectivity index (χ0v) is 10.4. The number of aromatic hydroxyl groups is 1. The summed E-state index contributed by atoms with van der Waals surface area (Å²) in [7, 11) is 0. The van der Waals surface area contributed by atoms with E-state index in [4.69, 9.17) is 11.6 Å². The van der Waals surface area contributed by atoms with E-state index in [1.54, 1.807) is 19.1 Å². The Morgan fingerprint density at radius 3 is 2.47 bits per heavy atom. The minimum atomic E-state index is -0.914. The number of phenols is 1. The smallest absolute Gasteiger partial charge is 0.314 e. The Morgan fingerprint density at radius 1 is 1.35 bits per heavy atom. The molecule has 1 aromatic carbocycles. The predicted molar refractivity (Wildman–Crippen MR) is 65.6 cm³/mol. The molecule has 0 atom stereocenters. The van der Waals surface area contributed by atoms with Crippen LogP contribution in [-0.2, 0) is 10.2 Å². The fourth-order valence-electron chi connectivity index (χ4n) is 2.61. The van der Waals surface area contributed by atoms with Gasteiger partial charge in [0, 0.05) is 0 Å². The average Bonchev–Trinajstić information content (AvgIpc) is 2.76. The first kappa shape index (κ1) is 12.2. The van der Waals surface area contributed by atoms with Crippen LogP contribution in [0.5, 0.6) is 5.75 Å². The van der Waals surface area contributed by atoms with E-state index in [1.165, 1.54) is 0 Å². The van der Waals surface area contributed by atoms with Gasteiger partial charge in [0.25, 0.3) is 0 Å². The maximum Gasteiger partial charge on any atom is 0.314 e. The fraction of sp³-hybridized carbons (Fsp3) is 0.462. The number of rotatable bonds is 2. The molecule has 0 amide bonds. The topological polar surface area (TPSA) is 57.5 Å². The van der Waals surface area contributed by atoms with Gasteiger partial charge in [-0.1, -0.05) is 36.6 Å². The van der Waals surface area contributed by atoms with Crippen molar-refractivity contribution in [3.05, 3.63) is 28.3 Å². The number of phenolic OH excluding ortho intramolecular Hbond substituents is 1. The molecule has 92 valence electrons. The third-order valence-electron chi connectivity index (χ3n) is 3.70. The van der Waals surface area contributed by atoms with E-state index in [1.807, 2.05) is 0 Å². The average molecular weight is 255 g/mol. The lowest BCUT2D eigenvalue weighted by molar-refractivity contribution is -0.143. The SMILES string of the molecule is Cc1ccc(C2(C(=O)O)CCCC2)c(Cl)c1O. The van der Waals surface area contributed by atoms with Crippen molar-refractivity contribution in [3.63, 3.8) is 0 Å². The zero-order valence-electron chi connectivity index (χ0n) is 9.66. The molecule has 17 heavy (non-hydrogen) atoms. The lowest BCUT2D eigenvalue weighted by atomic mass is 9.78. The second-order valence-corrected chi connectivity index (χ2v) is 5.06. The third-order valence-corrected chi connectivity index (χ3v) is 4.08. The van der Waals surface area contributed by atoms with Crippen LogP contribution in [0.3, 0.4) is 0 Å². The molecule has 0 radical (unpaired) electrons. The quantitative estimate of drug-likeness (QED) is 0.852. The normalized spacial score (nSPS) is 18.2. The molecular weight excluding hydrogens is 240 g/mol. The van der Waals surface area contributed by atoms with Crippen LogP contribution in [0.25, 0.3) is 0 Å². The van der Waals surface area contributed by atoms with Gasteiger partial charge >= 0.3 is 5.97 Å². The van der Waals surface area contributed by atoms with E-state index >= 15 is 0 Å². The molecule has 0 heterocycles. The van der Waals surface area contributed by atoms with Crippen molar-refractivity contribution in [2.75, 3.05) is 0 Å². The van der Waals surface area contributed by atoms with Gasteiger partial charge in [-0.3, -0.25) is 4.79 Å². The van der Waals surface area contributed by atoms with E-state index in [9.17, 15) is 15.0 Å². The van der Waals surface area contributed by atoms with Crippen molar-refractivity contribution < 1.29 is 15.0 Å². The van der Waals surface area contributed by atoms with Crippen LogP contribution in [0.15, 0.2) is 12.1 Å². The van der Waals surface area contributed by atoms with Gasteiger partial charge in [-0.25, -0.2) is 0 Å². The molecular formula is C13H15ClO3. The molecule has 2 N–H and O–H groups in total. The fourth-order valence-corrected chi connectivity index (χ4v) is 3.00. The van der Waals surface area contributed by atoms with Crippen molar-refractivity contribution in [1.82, 2.24) is 0 Å². The number of carbonyl (C=O) groups is 1. The van der Waals surface area contributed by atoms with Gasteiger partial charge in [-0.2, -0.15) is 0 Å². The number of aliphatic carboxylic acids is 1. The Bertz CT molecular complexity index is 462. The largest absolute Gasteiger partial charge is 0.506 e. The summed E-state index contributed by atoms with van der Waals surface area (Å²) in [4.78, 5) is 11.5. The number of benzene rings is 1. The summed E-state index contributed by atoms with van der Waals surface area (Å²) in [6.45, 7) is 1.74. The van der Waals surface area contributed by atoms with Crippen molar-refractivity contribution in [2.24, 2.45) is 0 Å². The van der Waals surface area contributed by atoms with E-state index < -0.39 is 11.4 Å². The first-order chi connectivity index (χ1) is 7.99. The lowest BCUT2D eigenvalue weighted by Gasteiger charge is -2.26. The highest BCUT2D eigenvalue weighted by Crippen LogP contribution is 2.46. The van der Waals surface area contributed by atoms with E-state index in [0.717, 1.165) is 12.8 Å². The molecule has 0 saturated heterocycles. The molecule has 4 heteroatoms. The minimum absolute atomic E-state index is 0.00306.